The van der Waals surface area contributed by atoms with E-state index in [1.807, 2.05) is 17.0 Å². The molecule has 2 fully saturated rings. The van der Waals surface area contributed by atoms with Gasteiger partial charge < -0.3 is 9.80 Å². The van der Waals surface area contributed by atoms with E-state index in [-0.39, 0.29) is 18.7 Å². The molecule has 3 aliphatic rings. The topological polar surface area (TPSA) is 51.5 Å². The lowest BCUT2D eigenvalue weighted by atomic mass is 10.0. The van der Waals surface area contributed by atoms with Crippen LogP contribution in [-0.2, 0) is 23.9 Å². The molecule has 2 aromatic rings. The summed E-state index contributed by atoms with van der Waals surface area (Å²) in [7, 11) is -0.826. The van der Waals surface area contributed by atoms with Crippen LogP contribution in [0.1, 0.15) is 36.0 Å². The van der Waals surface area contributed by atoms with Gasteiger partial charge in [-0.1, -0.05) is 30.8 Å². The van der Waals surface area contributed by atoms with E-state index in [9.17, 15) is 13.0 Å². The number of rotatable bonds is 9. The Kier molecular flexibility index (Phi) is 8.28. The maximum Gasteiger partial charge on any atom is 0.278 e. The minimum atomic E-state index is -2.67. The third kappa shape index (κ3) is 6.18. The number of halogens is 3. The van der Waals surface area contributed by atoms with E-state index in [1.54, 1.807) is 12.1 Å². The van der Waals surface area contributed by atoms with Crippen LogP contribution in [0.25, 0.3) is 0 Å². The van der Waals surface area contributed by atoms with Gasteiger partial charge in [0.25, 0.3) is 6.43 Å². The zero-order valence-corrected chi connectivity index (χ0v) is 22.1. The number of benzene rings is 2. The lowest BCUT2D eigenvalue weighted by Crippen LogP contribution is -2.42. The first-order valence-electron chi connectivity index (χ1n) is 13.0. The second-order valence-electron chi connectivity index (χ2n) is 9.91. The molecule has 0 bridgehead atoms. The van der Waals surface area contributed by atoms with Crippen molar-refractivity contribution < 1.29 is 17.4 Å². The monoisotopic (exact) mass is 543 g/mol. The van der Waals surface area contributed by atoms with Crippen LogP contribution in [0, 0.1) is 5.82 Å². The minimum absolute atomic E-state index is 0.0838. The molecule has 3 aliphatic heterocycles. The summed E-state index contributed by atoms with van der Waals surface area (Å²) in [6.45, 7) is 8.99. The van der Waals surface area contributed by atoms with Crippen LogP contribution >= 0.6 is 0 Å². The highest BCUT2D eigenvalue weighted by molar-refractivity contribution is 7.85. The van der Waals surface area contributed by atoms with Crippen LogP contribution in [0.4, 0.5) is 18.9 Å². The Morgan fingerprint density at radius 3 is 2.37 bits per heavy atom. The molecule has 202 valence electrons. The van der Waals surface area contributed by atoms with E-state index in [1.165, 1.54) is 24.5 Å². The Morgan fingerprint density at radius 2 is 1.74 bits per heavy atom. The molecule has 0 N–H and O–H groups in total. The summed E-state index contributed by atoms with van der Waals surface area (Å²) in [4.78, 5) is 6.53. The minimum Gasteiger partial charge on any atom is -0.357 e. The summed E-state index contributed by atoms with van der Waals surface area (Å²) in [6, 6.07) is 13.0. The number of hydrogen-bond acceptors (Lipinski definition) is 6. The first kappa shape index (κ1) is 26.6. The number of alkyl halides is 2. The molecule has 38 heavy (non-hydrogen) atoms. The molecule has 0 unspecified atom stereocenters. The Bertz CT molecular complexity index is 1250. The molecular formula is C28H32F3N5OS. The molecule has 3 heterocycles. The number of likely N-dealkylation sites (tertiary alicyclic amines) is 1. The molecule has 0 aromatic heterocycles. The standard InChI is InChI=1S/C28H32F3N5OS/c1-20(35-12-14-38(37)15-13-35)36(24-8-4-21(5-9-24)18-34-10-2-3-11-34)19-23-7-6-22(16-25(23)29)26-17-27(28(30)31)33-32-26/h4-9,16,28H,1-3,10-15,17-19H2. The van der Waals surface area contributed by atoms with Crippen LogP contribution in [0.2, 0.25) is 0 Å². The number of nitrogens with zero attached hydrogens (tertiary/aromatic N) is 5. The smallest absolute Gasteiger partial charge is 0.278 e. The van der Waals surface area contributed by atoms with Crippen LogP contribution in [-0.4, -0.2) is 69.5 Å². The van der Waals surface area contributed by atoms with Crippen molar-refractivity contribution in [3.63, 3.8) is 0 Å². The van der Waals surface area contributed by atoms with Crippen molar-refractivity contribution in [2.45, 2.75) is 38.8 Å². The lowest BCUT2D eigenvalue weighted by molar-refractivity contribution is 0.224. The summed E-state index contributed by atoms with van der Waals surface area (Å²) in [5.74, 6) is 1.44. The van der Waals surface area contributed by atoms with Crippen molar-refractivity contribution in [2.24, 2.45) is 10.2 Å². The van der Waals surface area contributed by atoms with Crippen molar-refractivity contribution in [1.29, 1.82) is 0 Å². The van der Waals surface area contributed by atoms with Crippen molar-refractivity contribution >= 4 is 27.9 Å². The van der Waals surface area contributed by atoms with E-state index in [2.05, 4.69) is 38.7 Å². The third-order valence-corrected chi connectivity index (χ3v) is 8.60. The zero-order valence-electron chi connectivity index (χ0n) is 21.3. The zero-order chi connectivity index (χ0) is 26.6. The Morgan fingerprint density at radius 1 is 1.03 bits per heavy atom. The molecule has 0 atom stereocenters. The van der Waals surface area contributed by atoms with Crippen LogP contribution in [0.3, 0.4) is 0 Å². The van der Waals surface area contributed by atoms with Gasteiger partial charge in [0, 0.05) is 65.2 Å². The average Bonchev–Trinajstić information content (AvgIpc) is 3.62. The molecule has 10 heteroatoms. The maximum absolute atomic E-state index is 15.3. The fourth-order valence-corrected chi connectivity index (χ4v) is 6.10. The second-order valence-corrected chi connectivity index (χ2v) is 11.6. The highest BCUT2D eigenvalue weighted by atomic mass is 32.2. The van der Waals surface area contributed by atoms with Crippen molar-refractivity contribution in [1.82, 2.24) is 9.80 Å². The Hall–Kier alpha value is -2.98. The van der Waals surface area contributed by atoms with Gasteiger partial charge in [-0.2, -0.15) is 10.2 Å². The van der Waals surface area contributed by atoms with E-state index >= 15 is 4.39 Å². The molecule has 0 spiro atoms. The molecule has 0 amide bonds. The van der Waals surface area contributed by atoms with Crippen molar-refractivity contribution in [3.8, 4) is 0 Å². The molecule has 6 nitrogen and oxygen atoms in total. The predicted octanol–water partition coefficient (Wildman–Crippen LogP) is 4.78. The molecule has 5 rings (SSSR count). The van der Waals surface area contributed by atoms with Crippen LogP contribution < -0.4 is 4.90 Å². The van der Waals surface area contributed by atoms with Crippen molar-refractivity contribution in [2.75, 3.05) is 42.6 Å². The van der Waals surface area contributed by atoms with Gasteiger partial charge in [-0.3, -0.25) is 9.11 Å². The Labute approximate surface area is 224 Å². The first-order chi connectivity index (χ1) is 18.4. The second kappa shape index (κ2) is 11.8. The SMILES string of the molecule is C=C(N1CCS(=O)CC1)N(Cc1ccc(C2=NN=C(C(F)F)C2)cc1F)c1ccc(CN2CCCC2)cc1. The van der Waals surface area contributed by atoms with Crippen LogP contribution in [0.15, 0.2) is 65.1 Å². The number of hydrogen-bond donors (Lipinski definition) is 0. The van der Waals surface area contributed by atoms with E-state index in [0.29, 0.717) is 41.4 Å². The van der Waals surface area contributed by atoms with Gasteiger partial charge in [0.05, 0.1) is 12.3 Å². The van der Waals surface area contributed by atoms with Gasteiger partial charge in [0.15, 0.2) is 0 Å². The fourth-order valence-electron chi connectivity index (χ4n) is 5.05. The fraction of sp³-hybridized carbons (Fsp3) is 0.429. The van der Waals surface area contributed by atoms with Gasteiger partial charge in [0.1, 0.15) is 17.3 Å². The van der Waals surface area contributed by atoms with E-state index in [0.717, 1.165) is 31.1 Å². The molecule has 0 aliphatic carbocycles. The maximum atomic E-state index is 15.3. The summed E-state index contributed by atoms with van der Waals surface area (Å²) in [5.41, 5.74) is 3.05. The quantitative estimate of drug-likeness (QED) is 0.457. The molecule has 2 aromatic carbocycles. The van der Waals surface area contributed by atoms with Crippen molar-refractivity contribution in [3.05, 3.63) is 77.4 Å². The summed E-state index contributed by atoms with van der Waals surface area (Å²) < 4.78 is 53.1. The van der Waals surface area contributed by atoms with E-state index in [4.69, 9.17) is 0 Å². The predicted molar refractivity (Wildman–Crippen MR) is 147 cm³/mol. The molecule has 2 saturated heterocycles. The highest BCUT2D eigenvalue weighted by Gasteiger charge is 2.25. The normalized spacial score (nSPS) is 18.7. The largest absolute Gasteiger partial charge is 0.357 e. The van der Waals surface area contributed by atoms with Gasteiger partial charge in [0.2, 0.25) is 0 Å². The first-order valence-corrected chi connectivity index (χ1v) is 14.4. The summed E-state index contributed by atoms with van der Waals surface area (Å²) in [6.07, 6.45) is -0.275. The summed E-state index contributed by atoms with van der Waals surface area (Å²) in [5, 5.41) is 7.36. The molecular weight excluding hydrogens is 511 g/mol. The third-order valence-electron chi connectivity index (χ3n) is 7.32. The summed E-state index contributed by atoms with van der Waals surface area (Å²) >= 11 is 0. The molecule has 0 saturated carbocycles. The molecule has 0 radical (unpaired) electrons. The number of anilines is 1. The highest BCUT2D eigenvalue weighted by Crippen LogP contribution is 2.27. The van der Waals surface area contributed by atoms with Gasteiger partial charge >= 0.3 is 0 Å². The van der Waals surface area contributed by atoms with Gasteiger partial charge in [-0.25, -0.2) is 13.2 Å². The van der Waals surface area contributed by atoms with E-state index < -0.39 is 23.0 Å². The Balaban J connectivity index is 1.35. The van der Waals surface area contributed by atoms with Crippen LogP contribution in [0.5, 0.6) is 0 Å². The lowest BCUT2D eigenvalue weighted by Gasteiger charge is -2.37. The van der Waals surface area contributed by atoms with Gasteiger partial charge in [-0.05, 0) is 49.7 Å². The average molecular weight is 544 g/mol. The van der Waals surface area contributed by atoms with Gasteiger partial charge in [-0.15, -0.1) is 0 Å².